The summed E-state index contributed by atoms with van der Waals surface area (Å²) in [5.74, 6) is -1.78. The molecule has 1 aromatic carbocycles. The Labute approximate surface area is 150 Å². The molecule has 0 spiro atoms. The van der Waals surface area contributed by atoms with Crippen molar-refractivity contribution in [3.63, 3.8) is 0 Å². The Bertz CT molecular complexity index is 842. The van der Waals surface area contributed by atoms with Crippen LogP contribution in [-0.2, 0) is 16.6 Å². The molecule has 0 bridgehead atoms. The molecule has 0 radical (unpaired) electrons. The van der Waals surface area contributed by atoms with Gasteiger partial charge in [-0.3, -0.25) is 14.9 Å². The minimum absolute atomic E-state index is 0.115. The summed E-state index contributed by atoms with van der Waals surface area (Å²) in [5, 5.41) is 4.36. The van der Waals surface area contributed by atoms with Gasteiger partial charge in [-0.25, -0.2) is 9.59 Å². The van der Waals surface area contributed by atoms with E-state index in [2.05, 4.69) is 10.6 Å². The number of ketones is 1. The first-order chi connectivity index (χ1) is 12.3. The second-order valence-electron chi connectivity index (χ2n) is 5.55. The van der Waals surface area contributed by atoms with Gasteiger partial charge in [-0.05, 0) is 13.0 Å². The summed E-state index contributed by atoms with van der Waals surface area (Å²) in [6.45, 7) is 1.38. The zero-order valence-corrected chi connectivity index (χ0v) is 14.6. The van der Waals surface area contributed by atoms with Gasteiger partial charge in [0.15, 0.2) is 5.78 Å². The van der Waals surface area contributed by atoms with Crippen molar-refractivity contribution < 1.29 is 23.9 Å². The molecule has 0 fully saturated rings. The number of hydrogen-bond donors (Lipinski definition) is 2. The van der Waals surface area contributed by atoms with E-state index in [4.69, 9.17) is 4.74 Å². The van der Waals surface area contributed by atoms with Crippen molar-refractivity contribution in [3.05, 3.63) is 59.4 Å². The first kappa shape index (κ1) is 18.9. The normalized spacial score (nSPS) is 11.3. The summed E-state index contributed by atoms with van der Waals surface area (Å²) >= 11 is 0. The molecule has 0 aliphatic heterocycles. The van der Waals surface area contributed by atoms with Gasteiger partial charge < -0.3 is 14.6 Å². The summed E-state index contributed by atoms with van der Waals surface area (Å²) in [5.41, 5.74) is 0.873. The fourth-order valence-corrected chi connectivity index (χ4v) is 2.27. The van der Waals surface area contributed by atoms with Crippen LogP contribution in [0.15, 0.2) is 42.6 Å². The molecule has 3 amide bonds. The number of aromatic nitrogens is 1. The molecule has 1 heterocycles. The van der Waals surface area contributed by atoms with E-state index in [1.165, 1.54) is 30.8 Å². The molecule has 1 atom stereocenters. The molecular formula is C18H19N3O5. The number of imide groups is 1. The lowest BCUT2D eigenvalue weighted by atomic mass is 10.1. The van der Waals surface area contributed by atoms with Gasteiger partial charge in [0.05, 0.1) is 0 Å². The van der Waals surface area contributed by atoms with Gasteiger partial charge in [0.1, 0.15) is 5.69 Å². The minimum Gasteiger partial charge on any atom is -0.443 e. The third-order valence-corrected chi connectivity index (χ3v) is 3.65. The number of carbonyl (C=O) groups excluding carboxylic acids is 4. The minimum atomic E-state index is -1.32. The summed E-state index contributed by atoms with van der Waals surface area (Å²) in [4.78, 5) is 47.8. The second kappa shape index (κ2) is 8.11. The van der Waals surface area contributed by atoms with Crippen molar-refractivity contribution in [2.75, 3.05) is 7.05 Å². The molecule has 136 valence electrons. The fourth-order valence-electron chi connectivity index (χ4n) is 2.27. The monoisotopic (exact) mass is 357 g/mol. The number of esters is 1. The van der Waals surface area contributed by atoms with E-state index >= 15 is 0 Å². The zero-order valence-electron chi connectivity index (χ0n) is 14.6. The van der Waals surface area contributed by atoms with Gasteiger partial charge in [0.25, 0.3) is 5.91 Å². The molecule has 8 heteroatoms. The standard InChI is InChI=1S/C18H19N3O5/c1-11(22)13-9-14(21(3)10-13)17(24)26-15(12-7-5-4-6-8-12)16(23)20-18(25)19-2/h4-10,15H,1-3H3,(H2,19,20,23,25)/t15-/m0/s1. The van der Waals surface area contributed by atoms with Crippen molar-refractivity contribution >= 4 is 23.7 Å². The van der Waals surface area contributed by atoms with Gasteiger partial charge >= 0.3 is 12.0 Å². The largest absolute Gasteiger partial charge is 0.443 e. The molecule has 0 saturated carbocycles. The average Bonchev–Trinajstić information content (AvgIpc) is 3.02. The lowest BCUT2D eigenvalue weighted by Crippen LogP contribution is -2.41. The topological polar surface area (TPSA) is 106 Å². The van der Waals surface area contributed by atoms with Crippen LogP contribution >= 0.6 is 0 Å². The molecule has 0 aliphatic rings. The highest BCUT2D eigenvalue weighted by Crippen LogP contribution is 2.20. The predicted octanol–water partition coefficient (Wildman–Crippen LogP) is 1.58. The van der Waals surface area contributed by atoms with Crippen LogP contribution in [0.4, 0.5) is 4.79 Å². The van der Waals surface area contributed by atoms with Crippen molar-refractivity contribution in [2.45, 2.75) is 13.0 Å². The molecule has 8 nitrogen and oxygen atoms in total. The summed E-state index contributed by atoms with van der Waals surface area (Å²) in [7, 11) is 2.95. The van der Waals surface area contributed by atoms with E-state index in [1.807, 2.05) is 0 Å². The van der Waals surface area contributed by atoms with Gasteiger partial charge in [0.2, 0.25) is 6.10 Å². The van der Waals surface area contributed by atoms with E-state index in [0.29, 0.717) is 11.1 Å². The number of nitrogens with zero attached hydrogens (tertiary/aromatic N) is 1. The molecule has 0 saturated heterocycles. The van der Waals surface area contributed by atoms with Crippen molar-refractivity contribution in [3.8, 4) is 0 Å². The summed E-state index contributed by atoms with van der Waals surface area (Å²) in [6.07, 6.45) is 0.179. The van der Waals surface area contributed by atoms with Crippen molar-refractivity contribution in [1.29, 1.82) is 0 Å². The second-order valence-corrected chi connectivity index (χ2v) is 5.55. The highest BCUT2D eigenvalue weighted by atomic mass is 16.5. The molecule has 2 aromatic rings. The number of carbonyl (C=O) groups is 4. The lowest BCUT2D eigenvalue weighted by molar-refractivity contribution is -0.129. The Balaban J connectivity index is 2.29. The first-order valence-electron chi connectivity index (χ1n) is 7.79. The highest BCUT2D eigenvalue weighted by molar-refractivity contribution is 6.00. The molecule has 0 unspecified atom stereocenters. The maximum Gasteiger partial charge on any atom is 0.356 e. The van der Waals surface area contributed by atoms with Gasteiger partial charge in [-0.2, -0.15) is 0 Å². The van der Waals surface area contributed by atoms with Crippen LogP contribution in [0.1, 0.15) is 39.4 Å². The third kappa shape index (κ3) is 4.35. The van der Waals surface area contributed by atoms with Crippen LogP contribution in [0.25, 0.3) is 0 Å². The number of nitrogens with one attached hydrogen (secondary N) is 2. The van der Waals surface area contributed by atoms with E-state index in [1.54, 1.807) is 37.4 Å². The molecule has 2 N–H and O–H groups in total. The quantitative estimate of drug-likeness (QED) is 0.624. The van der Waals surface area contributed by atoms with Gasteiger partial charge in [-0.1, -0.05) is 30.3 Å². The Hall–Kier alpha value is -3.42. The van der Waals surface area contributed by atoms with E-state index in [0.717, 1.165) is 0 Å². The van der Waals surface area contributed by atoms with Crippen LogP contribution in [0.5, 0.6) is 0 Å². The maximum atomic E-state index is 12.5. The Kier molecular flexibility index (Phi) is 5.90. The number of ether oxygens (including phenoxy) is 1. The Morgan fingerprint density at radius 3 is 2.31 bits per heavy atom. The van der Waals surface area contributed by atoms with Crippen LogP contribution in [0.3, 0.4) is 0 Å². The van der Waals surface area contributed by atoms with Gasteiger partial charge in [-0.15, -0.1) is 0 Å². The number of aryl methyl sites for hydroxylation is 1. The molecule has 0 aliphatic carbocycles. The molecule has 1 aromatic heterocycles. The van der Waals surface area contributed by atoms with E-state index in [9.17, 15) is 19.2 Å². The molecule has 26 heavy (non-hydrogen) atoms. The van der Waals surface area contributed by atoms with Crippen LogP contribution in [0.2, 0.25) is 0 Å². The SMILES string of the molecule is CNC(=O)NC(=O)[C@@H](OC(=O)c1cc(C(C)=O)cn1C)c1ccccc1. The van der Waals surface area contributed by atoms with Crippen molar-refractivity contribution in [1.82, 2.24) is 15.2 Å². The highest BCUT2D eigenvalue weighted by Gasteiger charge is 2.28. The number of Topliss-reactive ketones (excluding diaryl/α,β-unsaturated/α-hetero) is 1. The smallest absolute Gasteiger partial charge is 0.356 e. The van der Waals surface area contributed by atoms with E-state index < -0.39 is 24.0 Å². The lowest BCUT2D eigenvalue weighted by Gasteiger charge is -2.17. The number of rotatable bonds is 5. The van der Waals surface area contributed by atoms with Crippen LogP contribution in [0, 0.1) is 0 Å². The number of amides is 3. The van der Waals surface area contributed by atoms with Crippen LogP contribution < -0.4 is 10.6 Å². The van der Waals surface area contributed by atoms with E-state index in [-0.39, 0.29) is 11.5 Å². The van der Waals surface area contributed by atoms with Gasteiger partial charge in [0, 0.05) is 31.4 Å². The fraction of sp³-hybridized carbons (Fsp3) is 0.222. The third-order valence-electron chi connectivity index (χ3n) is 3.65. The maximum absolute atomic E-state index is 12.5. The predicted molar refractivity (Wildman–Crippen MR) is 92.6 cm³/mol. The molecular weight excluding hydrogens is 338 g/mol. The number of urea groups is 1. The number of benzene rings is 1. The summed E-state index contributed by atoms with van der Waals surface area (Å²) < 4.78 is 6.78. The first-order valence-corrected chi connectivity index (χ1v) is 7.79. The average molecular weight is 357 g/mol. The Morgan fingerprint density at radius 1 is 1.12 bits per heavy atom. The zero-order chi connectivity index (χ0) is 19.3. The van der Waals surface area contributed by atoms with Crippen molar-refractivity contribution in [2.24, 2.45) is 7.05 Å². The van der Waals surface area contributed by atoms with Crippen LogP contribution in [-0.4, -0.2) is 35.3 Å². The number of hydrogen-bond acceptors (Lipinski definition) is 5. The summed E-state index contributed by atoms with van der Waals surface area (Å²) in [6, 6.07) is 8.99. The molecule has 2 rings (SSSR count). The Morgan fingerprint density at radius 2 is 1.77 bits per heavy atom.